The Morgan fingerprint density at radius 2 is 1.52 bits per heavy atom. The number of amides is 2. The fraction of sp³-hybridized carbons (Fsp3) is 0.600. The summed E-state index contributed by atoms with van der Waals surface area (Å²) < 4.78 is 16.1. The lowest BCUT2D eigenvalue weighted by molar-refractivity contribution is -0.141. The number of ether oxygens (including phenoxy) is 3. The summed E-state index contributed by atoms with van der Waals surface area (Å²) in [7, 11) is 3.16. The second kappa shape index (κ2) is 8.61. The molecule has 0 aromatic heterocycles. The first-order valence-electron chi connectivity index (χ1n) is 9.43. The largest absolute Gasteiger partial charge is 0.496 e. The van der Waals surface area contributed by atoms with E-state index in [1.165, 1.54) is 0 Å². The lowest BCUT2D eigenvalue weighted by Gasteiger charge is -2.35. The van der Waals surface area contributed by atoms with Crippen molar-refractivity contribution >= 4 is 11.8 Å². The number of morpholine rings is 1. The number of hydrogen-bond donors (Lipinski definition) is 0. The molecule has 0 N–H and O–H groups in total. The Balaban J connectivity index is 1.64. The average Bonchev–Trinajstić information content (AvgIpc) is 2.73. The van der Waals surface area contributed by atoms with Gasteiger partial charge in [-0.25, -0.2) is 0 Å². The molecule has 0 bridgehead atoms. The van der Waals surface area contributed by atoms with E-state index >= 15 is 0 Å². The first kappa shape index (κ1) is 19.5. The highest BCUT2D eigenvalue weighted by molar-refractivity contribution is 5.95. The van der Waals surface area contributed by atoms with Crippen LogP contribution in [0.15, 0.2) is 12.1 Å². The van der Waals surface area contributed by atoms with Crippen molar-refractivity contribution in [3.8, 4) is 11.5 Å². The molecule has 0 saturated carbocycles. The molecule has 27 heavy (non-hydrogen) atoms. The minimum atomic E-state index is -0.0520. The van der Waals surface area contributed by atoms with E-state index in [9.17, 15) is 9.59 Å². The molecule has 2 fully saturated rings. The molecule has 0 spiro atoms. The van der Waals surface area contributed by atoms with Crippen LogP contribution in [-0.2, 0) is 9.53 Å². The van der Waals surface area contributed by atoms with Gasteiger partial charge >= 0.3 is 0 Å². The molecular weight excluding hydrogens is 348 g/mol. The van der Waals surface area contributed by atoms with Crippen LogP contribution >= 0.6 is 0 Å². The lowest BCUT2D eigenvalue weighted by atomic mass is 9.94. The van der Waals surface area contributed by atoms with Crippen molar-refractivity contribution in [2.75, 3.05) is 53.6 Å². The van der Waals surface area contributed by atoms with Crippen LogP contribution in [0.2, 0.25) is 0 Å². The van der Waals surface area contributed by atoms with E-state index in [1.807, 2.05) is 16.7 Å². The molecule has 1 aromatic rings. The highest BCUT2D eigenvalue weighted by Crippen LogP contribution is 2.31. The highest BCUT2D eigenvalue weighted by Gasteiger charge is 2.31. The van der Waals surface area contributed by atoms with Gasteiger partial charge in [-0.1, -0.05) is 0 Å². The minimum absolute atomic E-state index is 0.00533. The monoisotopic (exact) mass is 376 g/mol. The van der Waals surface area contributed by atoms with Crippen molar-refractivity contribution < 1.29 is 23.8 Å². The zero-order chi connectivity index (χ0) is 19.4. The van der Waals surface area contributed by atoms with Gasteiger partial charge in [-0.2, -0.15) is 0 Å². The molecule has 3 rings (SSSR count). The SMILES string of the molecule is COc1cc(C(=O)N2CCC(C(=O)N3CCOCC3)CC2)cc(OC)c1C. The maximum absolute atomic E-state index is 12.9. The number of nitrogens with zero attached hydrogens (tertiary/aromatic N) is 2. The number of likely N-dealkylation sites (tertiary alicyclic amines) is 1. The maximum Gasteiger partial charge on any atom is 0.254 e. The molecule has 2 amide bonds. The summed E-state index contributed by atoms with van der Waals surface area (Å²) in [6, 6.07) is 3.51. The Kier molecular flexibility index (Phi) is 6.21. The Morgan fingerprint density at radius 3 is 2.04 bits per heavy atom. The fourth-order valence-electron chi connectivity index (χ4n) is 3.76. The number of hydrogen-bond acceptors (Lipinski definition) is 5. The number of benzene rings is 1. The van der Waals surface area contributed by atoms with Crippen LogP contribution in [0.5, 0.6) is 11.5 Å². The quantitative estimate of drug-likeness (QED) is 0.800. The van der Waals surface area contributed by atoms with E-state index in [4.69, 9.17) is 14.2 Å². The van der Waals surface area contributed by atoms with Gasteiger partial charge in [0, 0.05) is 43.2 Å². The second-order valence-corrected chi connectivity index (χ2v) is 7.01. The van der Waals surface area contributed by atoms with Crippen LogP contribution in [0, 0.1) is 12.8 Å². The Morgan fingerprint density at radius 1 is 0.963 bits per heavy atom. The van der Waals surface area contributed by atoms with E-state index < -0.39 is 0 Å². The van der Waals surface area contributed by atoms with Gasteiger partial charge < -0.3 is 24.0 Å². The van der Waals surface area contributed by atoms with Crippen molar-refractivity contribution in [1.82, 2.24) is 9.80 Å². The normalized spacial score (nSPS) is 18.3. The third kappa shape index (κ3) is 4.18. The van der Waals surface area contributed by atoms with Gasteiger partial charge in [0.25, 0.3) is 5.91 Å². The second-order valence-electron chi connectivity index (χ2n) is 7.01. The van der Waals surface area contributed by atoms with Crippen LogP contribution in [-0.4, -0.2) is 75.2 Å². The van der Waals surface area contributed by atoms with E-state index in [-0.39, 0.29) is 17.7 Å². The Labute approximate surface area is 160 Å². The van der Waals surface area contributed by atoms with Crippen molar-refractivity contribution in [2.45, 2.75) is 19.8 Å². The first-order chi connectivity index (χ1) is 13.0. The van der Waals surface area contributed by atoms with Crippen molar-refractivity contribution in [2.24, 2.45) is 5.92 Å². The van der Waals surface area contributed by atoms with Gasteiger partial charge in [-0.05, 0) is 31.9 Å². The van der Waals surface area contributed by atoms with Crippen molar-refractivity contribution in [3.05, 3.63) is 23.3 Å². The van der Waals surface area contributed by atoms with E-state index in [0.29, 0.717) is 69.3 Å². The summed E-state index contributed by atoms with van der Waals surface area (Å²) >= 11 is 0. The zero-order valence-electron chi connectivity index (χ0n) is 16.3. The van der Waals surface area contributed by atoms with Crippen LogP contribution in [0.25, 0.3) is 0 Å². The van der Waals surface area contributed by atoms with Gasteiger partial charge in [-0.3, -0.25) is 9.59 Å². The summed E-state index contributed by atoms with van der Waals surface area (Å²) in [6.07, 6.45) is 1.39. The third-order valence-corrected chi connectivity index (χ3v) is 5.45. The Bertz CT molecular complexity index is 667. The van der Waals surface area contributed by atoms with Gasteiger partial charge in [0.1, 0.15) is 11.5 Å². The van der Waals surface area contributed by atoms with Gasteiger partial charge in [0.05, 0.1) is 27.4 Å². The van der Waals surface area contributed by atoms with Crippen LogP contribution in [0.1, 0.15) is 28.8 Å². The molecule has 2 aliphatic rings. The predicted octanol–water partition coefficient (Wildman–Crippen LogP) is 1.72. The summed E-state index contributed by atoms with van der Waals surface area (Å²) in [5.41, 5.74) is 1.42. The molecule has 7 heteroatoms. The van der Waals surface area contributed by atoms with Gasteiger partial charge in [-0.15, -0.1) is 0 Å². The number of piperidine rings is 1. The maximum atomic E-state index is 12.9. The number of carbonyl (C=O) groups excluding carboxylic acids is 2. The average molecular weight is 376 g/mol. The van der Waals surface area contributed by atoms with E-state index in [2.05, 4.69) is 0 Å². The molecule has 148 valence electrons. The molecule has 2 aliphatic heterocycles. The standard InChI is InChI=1S/C20H28N2O5/c1-14-17(25-2)12-16(13-18(14)26-3)20(24)21-6-4-15(5-7-21)19(23)22-8-10-27-11-9-22/h12-13,15H,4-11H2,1-3H3. The zero-order valence-corrected chi connectivity index (χ0v) is 16.3. The topological polar surface area (TPSA) is 68.3 Å². The third-order valence-electron chi connectivity index (χ3n) is 5.45. The molecule has 7 nitrogen and oxygen atoms in total. The first-order valence-corrected chi connectivity index (χ1v) is 9.43. The van der Waals surface area contributed by atoms with Gasteiger partial charge in [0.2, 0.25) is 5.91 Å². The van der Waals surface area contributed by atoms with Crippen molar-refractivity contribution in [3.63, 3.8) is 0 Å². The smallest absolute Gasteiger partial charge is 0.254 e. The van der Waals surface area contributed by atoms with Crippen molar-refractivity contribution in [1.29, 1.82) is 0 Å². The molecule has 0 atom stereocenters. The lowest BCUT2D eigenvalue weighted by Crippen LogP contribution is -2.47. The molecule has 1 aromatic carbocycles. The van der Waals surface area contributed by atoms with E-state index in [1.54, 1.807) is 26.4 Å². The van der Waals surface area contributed by atoms with Gasteiger partial charge in [0.15, 0.2) is 0 Å². The van der Waals surface area contributed by atoms with Crippen LogP contribution in [0.4, 0.5) is 0 Å². The molecule has 0 radical (unpaired) electrons. The minimum Gasteiger partial charge on any atom is -0.496 e. The summed E-state index contributed by atoms with van der Waals surface area (Å²) in [5.74, 6) is 1.41. The summed E-state index contributed by atoms with van der Waals surface area (Å²) in [5, 5.41) is 0. The molecule has 0 unspecified atom stereocenters. The molecule has 0 aliphatic carbocycles. The summed E-state index contributed by atoms with van der Waals surface area (Å²) in [6.45, 7) is 5.62. The molecule has 2 heterocycles. The van der Waals surface area contributed by atoms with E-state index in [0.717, 1.165) is 5.56 Å². The predicted molar refractivity (Wildman–Crippen MR) is 100 cm³/mol. The molecular formula is C20H28N2O5. The number of rotatable bonds is 4. The highest BCUT2D eigenvalue weighted by atomic mass is 16.5. The summed E-state index contributed by atoms with van der Waals surface area (Å²) in [4.78, 5) is 29.3. The Hall–Kier alpha value is -2.28. The number of methoxy groups -OCH3 is 2. The molecule has 2 saturated heterocycles. The van der Waals surface area contributed by atoms with Crippen LogP contribution < -0.4 is 9.47 Å². The number of carbonyl (C=O) groups is 2. The fourth-order valence-corrected chi connectivity index (χ4v) is 3.76. The van der Waals surface area contributed by atoms with Crippen LogP contribution in [0.3, 0.4) is 0 Å².